The molecule has 0 heterocycles. The molecule has 0 radical (unpaired) electrons. The molecule has 0 bridgehead atoms. The van der Waals surface area contributed by atoms with Crippen LogP contribution in [-0.2, 0) is 4.74 Å². The number of rotatable bonds is 7. The molecule has 0 fully saturated rings. The van der Waals surface area contributed by atoms with Crippen LogP contribution in [0.25, 0.3) is 0 Å². The van der Waals surface area contributed by atoms with Crippen molar-refractivity contribution in [2.24, 2.45) is 0 Å². The number of benzene rings is 1. The molecule has 96 valence electrons. The van der Waals surface area contributed by atoms with Crippen molar-refractivity contribution in [3.05, 3.63) is 24.3 Å². The van der Waals surface area contributed by atoms with Crippen molar-refractivity contribution in [1.82, 2.24) is 0 Å². The van der Waals surface area contributed by atoms with Crippen LogP contribution < -0.4 is 10.6 Å². The molecule has 0 amide bonds. The summed E-state index contributed by atoms with van der Waals surface area (Å²) >= 11 is 0. The second-order valence-corrected chi connectivity index (χ2v) is 4.22. The van der Waals surface area contributed by atoms with Crippen molar-refractivity contribution in [1.29, 1.82) is 0 Å². The number of nitrogens with zero attached hydrogens (tertiary/aromatic N) is 1. The van der Waals surface area contributed by atoms with Crippen molar-refractivity contribution < 1.29 is 4.74 Å². The summed E-state index contributed by atoms with van der Waals surface area (Å²) in [6.07, 6.45) is 2.24. The molecular formula is C14H24N2O. The minimum Gasteiger partial charge on any atom is -0.397 e. The van der Waals surface area contributed by atoms with Crippen LogP contribution in [0.4, 0.5) is 11.4 Å². The standard InChI is InChI=1S/C14H24N2O/c1-4-12(5-2)16(10-11-17-3)14-9-7-6-8-13(14)15/h6-9,12H,4-5,10-11,15H2,1-3H3. The van der Waals surface area contributed by atoms with Gasteiger partial charge in [0.2, 0.25) is 0 Å². The average Bonchev–Trinajstić information content (AvgIpc) is 2.36. The molecule has 0 atom stereocenters. The minimum atomic E-state index is 0.523. The van der Waals surface area contributed by atoms with Crippen LogP contribution in [0.1, 0.15) is 26.7 Å². The van der Waals surface area contributed by atoms with Gasteiger partial charge in [-0.05, 0) is 25.0 Å². The topological polar surface area (TPSA) is 38.5 Å². The number of methoxy groups -OCH3 is 1. The Morgan fingerprint density at radius 1 is 1.24 bits per heavy atom. The van der Waals surface area contributed by atoms with Crippen molar-refractivity contribution in [3.8, 4) is 0 Å². The maximum atomic E-state index is 6.06. The van der Waals surface area contributed by atoms with E-state index >= 15 is 0 Å². The zero-order chi connectivity index (χ0) is 12.7. The first-order valence-corrected chi connectivity index (χ1v) is 6.34. The lowest BCUT2D eigenvalue weighted by atomic mass is 10.1. The number of nitrogens with two attached hydrogens (primary N) is 1. The van der Waals surface area contributed by atoms with Crippen LogP contribution in [-0.4, -0.2) is 26.3 Å². The molecule has 0 spiro atoms. The fraction of sp³-hybridized carbons (Fsp3) is 0.571. The molecule has 0 aliphatic heterocycles. The number of hydrogen-bond donors (Lipinski definition) is 1. The Kier molecular flexibility index (Phi) is 5.84. The van der Waals surface area contributed by atoms with Gasteiger partial charge in [0, 0.05) is 19.7 Å². The molecule has 0 aliphatic carbocycles. The molecule has 1 aromatic carbocycles. The van der Waals surface area contributed by atoms with Gasteiger partial charge >= 0.3 is 0 Å². The summed E-state index contributed by atoms with van der Waals surface area (Å²) in [5.74, 6) is 0. The fourth-order valence-electron chi connectivity index (χ4n) is 2.17. The van der Waals surface area contributed by atoms with Gasteiger partial charge in [-0.1, -0.05) is 26.0 Å². The number of nitrogen functional groups attached to an aromatic ring is 1. The van der Waals surface area contributed by atoms with Gasteiger partial charge < -0.3 is 15.4 Å². The van der Waals surface area contributed by atoms with Crippen LogP contribution in [0.2, 0.25) is 0 Å². The molecule has 2 N–H and O–H groups in total. The zero-order valence-electron chi connectivity index (χ0n) is 11.1. The molecule has 0 aliphatic rings. The Bertz CT molecular complexity index is 324. The molecule has 0 unspecified atom stereocenters. The summed E-state index contributed by atoms with van der Waals surface area (Å²) in [5.41, 5.74) is 8.02. The van der Waals surface area contributed by atoms with Crippen LogP contribution in [0.15, 0.2) is 24.3 Å². The van der Waals surface area contributed by atoms with Crippen LogP contribution in [0, 0.1) is 0 Å². The van der Waals surface area contributed by atoms with E-state index in [0.717, 1.165) is 37.4 Å². The third-order valence-electron chi connectivity index (χ3n) is 3.17. The average molecular weight is 236 g/mol. The van der Waals surface area contributed by atoms with Crippen LogP contribution in [0.3, 0.4) is 0 Å². The summed E-state index contributed by atoms with van der Waals surface area (Å²) in [6, 6.07) is 8.57. The first kappa shape index (κ1) is 13.8. The van der Waals surface area contributed by atoms with Crippen molar-refractivity contribution in [2.45, 2.75) is 32.7 Å². The van der Waals surface area contributed by atoms with Gasteiger partial charge in [-0.15, -0.1) is 0 Å². The van der Waals surface area contributed by atoms with Crippen molar-refractivity contribution in [2.75, 3.05) is 30.9 Å². The highest BCUT2D eigenvalue weighted by molar-refractivity contribution is 5.67. The van der Waals surface area contributed by atoms with Gasteiger partial charge in [0.1, 0.15) is 0 Å². The smallest absolute Gasteiger partial charge is 0.0637 e. The van der Waals surface area contributed by atoms with E-state index in [0.29, 0.717) is 6.04 Å². The second-order valence-electron chi connectivity index (χ2n) is 4.22. The van der Waals surface area contributed by atoms with E-state index in [1.807, 2.05) is 18.2 Å². The van der Waals surface area contributed by atoms with Crippen LogP contribution >= 0.6 is 0 Å². The fourth-order valence-corrected chi connectivity index (χ4v) is 2.17. The molecule has 3 nitrogen and oxygen atoms in total. The normalized spacial score (nSPS) is 10.8. The monoisotopic (exact) mass is 236 g/mol. The number of para-hydroxylation sites is 2. The van der Waals surface area contributed by atoms with E-state index < -0.39 is 0 Å². The summed E-state index contributed by atoms with van der Waals surface area (Å²) in [5, 5.41) is 0. The first-order valence-electron chi connectivity index (χ1n) is 6.34. The SMILES string of the molecule is CCC(CC)N(CCOC)c1ccccc1N. The van der Waals surface area contributed by atoms with Gasteiger partial charge in [-0.2, -0.15) is 0 Å². The summed E-state index contributed by atoms with van der Waals surface area (Å²) in [7, 11) is 1.74. The van der Waals surface area contributed by atoms with E-state index in [2.05, 4.69) is 24.8 Å². The number of ether oxygens (including phenoxy) is 1. The Labute approximate surface area is 105 Å². The third kappa shape index (κ3) is 3.63. The van der Waals surface area contributed by atoms with Crippen molar-refractivity contribution in [3.63, 3.8) is 0 Å². The Morgan fingerprint density at radius 2 is 1.88 bits per heavy atom. The van der Waals surface area contributed by atoms with Gasteiger partial charge in [-0.3, -0.25) is 0 Å². The maximum absolute atomic E-state index is 6.06. The van der Waals surface area contributed by atoms with E-state index in [-0.39, 0.29) is 0 Å². The lowest BCUT2D eigenvalue weighted by Gasteiger charge is -2.33. The highest BCUT2D eigenvalue weighted by Crippen LogP contribution is 2.26. The molecule has 3 heteroatoms. The van der Waals surface area contributed by atoms with E-state index in [1.165, 1.54) is 0 Å². The Morgan fingerprint density at radius 3 is 2.41 bits per heavy atom. The highest BCUT2D eigenvalue weighted by Gasteiger charge is 2.17. The Hall–Kier alpha value is -1.22. The first-order chi connectivity index (χ1) is 8.24. The predicted octanol–water partition coefficient (Wildman–Crippen LogP) is 2.91. The van der Waals surface area contributed by atoms with Gasteiger partial charge in [0.25, 0.3) is 0 Å². The molecule has 1 aromatic rings. The molecule has 0 aromatic heterocycles. The van der Waals surface area contributed by atoms with Gasteiger partial charge in [0.15, 0.2) is 0 Å². The van der Waals surface area contributed by atoms with Gasteiger partial charge in [0.05, 0.1) is 18.0 Å². The van der Waals surface area contributed by atoms with E-state index in [9.17, 15) is 0 Å². The molecule has 1 rings (SSSR count). The van der Waals surface area contributed by atoms with E-state index in [4.69, 9.17) is 10.5 Å². The summed E-state index contributed by atoms with van der Waals surface area (Å²) < 4.78 is 5.19. The number of hydrogen-bond acceptors (Lipinski definition) is 3. The zero-order valence-corrected chi connectivity index (χ0v) is 11.1. The second kappa shape index (κ2) is 7.17. The molecular weight excluding hydrogens is 212 g/mol. The summed E-state index contributed by atoms with van der Waals surface area (Å²) in [4.78, 5) is 2.36. The van der Waals surface area contributed by atoms with Crippen molar-refractivity contribution >= 4 is 11.4 Å². The molecule has 0 saturated carbocycles. The largest absolute Gasteiger partial charge is 0.397 e. The summed E-state index contributed by atoms with van der Waals surface area (Å²) in [6.45, 7) is 6.04. The lowest BCUT2D eigenvalue weighted by Crippen LogP contribution is -2.37. The third-order valence-corrected chi connectivity index (χ3v) is 3.17. The predicted molar refractivity (Wildman–Crippen MR) is 74.4 cm³/mol. The Balaban J connectivity index is 2.92. The minimum absolute atomic E-state index is 0.523. The van der Waals surface area contributed by atoms with Crippen LogP contribution in [0.5, 0.6) is 0 Å². The quantitative estimate of drug-likeness (QED) is 0.740. The highest BCUT2D eigenvalue weighted by atomic mass is 16.5. The van der Waals surface area contributed by atoms with Gasteiger partial charge in [-0.25, -0.2) is 0 Å². The van der Waals surface area contributed by atoms with E-state index in [1.54, 1.807) is 7.11 Å². The number of anilines is 2. The molecule has 17 heavy (non-hydrogen) atoms. The maximum Gasteiger partial charge on any atom is 0.0637 e. The lowest BCUT2D eigenvalue weighted by molar-refractivity contribution is 0.202. The molecule has 0 saturated heterocycles.